The zero-order chi connectivity index (χ0) is 14.6. The van der Waals surface area contributed by atoms with Crippen LogP contribution in [-0.2, 0) is 11.3 Å². The second-order valence-corrected chi connectivity index (χ2v) is 3.94. The Bertz CT molecular complexity index is 423. The van der Waals surface area contributed by atoms with Crippen LogP contribution in [0.2, 0.25) is 0 Å². The molecule has 2 N–H and O–H groups in total. The number of halogens is 3. The lowest BCUT2D eigenvalue weighted by Gasteiger charge is -2.17. The molecule has 0 aliphatic carbocycles. The van der Waals surface area contributed by atoms with Crippen molar-refractivity contribution in [2.75, 3.05) is 7.11 Å². The summed E-state index contributed by atoms with van der Waals surface area (Å²) in [7, 11) is -0.418. The molecule has 0 spiro atoms. The molecule has 0 saturated heterocycles. The number of ether oxygens (including phenoxy) is 2. The van der Waals surface area contributed by atoms with Crippen LogP contribution in [0.5, 0.6) is 5.75 Å². The zero-order valence-electron chi connectivity index (χ0n) is 10.4. The summed E-state index contributed by atoms with van der Waals surface area (Å²) >= 11 is 0. The van der Waals surface area contributed by atoms with Crippen molar-refractivity contribution < 1.29 is 32.7 Å². The molecule has 8 heteroatoms. The van der Waals surface area contributed by atoms with Gasteiger partial charge in [0.15, 0.2) is 6.10 Å². The van der Waals surface area contributed by atoms with Gasteiger partial charge in [0.1, 0.15) is 5.75 Å². The monoisotopic (exact) mass is 278 g/mol. The number of rotatable bonds is 5. The minimum Gasteiger partial charge on any atom is -0.497 e. The quantitative estimate of drug-likeness (QED) is 0.784. The molecule has 1 atom stereocenters. The Balaban J connectivity index is 2.78. The van der Waals surface area contributed by atoms with Crippen molar-refractivity contribution in [3.63, 3.8) is 0 Å². The average molecular weight is 278 g/mol. The van der Waals surface area contributed by atoms with Crippen LogP contribution in [-0.4, -0.2) is 36.6 Å². The van der Waals surface area contributed by atoms with Crippen LogP contribution in [0.1, 0.15) is 12.5 Å². The Hall–Kier alpha value is -1.25. The minimum absolute atomic E-state index is 0.0725. The molecule has 0 radical (unpaired) electrons. The maximum atomic E-state index is 12.3. The van der Waals surface area contributed by atoms with E-state index in [1.165, 1.54) is 25.3 Å². The summed E-state index contributed by atoms with van der Waals surface area (Å²) in [6.45, 7) is 0.621. The Morgan fingerprint density at radius 1 is 1.32 bits per heavy atom. The summed E-state index contributed by atoms with van der Waals surface area (Å²) in [5.74, 6) is 0.239. The highest BCUT2D eigenvalue weighted by atomic mass is 19.4. The van der Waals surface area contributed by atoms with Gasteiger partial charge in [-0.05, 0) is 18.6 Å². The molecule has 0 bridgehead atoms. The molecule has 0 aliphatic rings. The third-order valence-corrected chi connectivity index (χ3v) is 2.53. The van der Waals surface area contributed by atoms with Gasteiger partial charge in [0.25, 0.3) is 0 Å². The number of alkyl halides is 3. The summed E-state index contributed by atoms with van der Waals surface area (Å²) in [4.78, 5) is 0. The molecule has 1 aromatic rings. The molecule has 19 heavy (non-hydrogen) atoms. The maximum Gasteiger partial charge on any atom is 0.492 e. The Morgan fingerprint density at radius 2 is 1.95 bits per heavy atom. The smallest absolute Gasteiger partial charge is 0.492 e. The third kappa shape index (κ3) is 4.41. The second-order valence-electron chi connectivity index (χ2n) is 3.94. The highest BCUT2D eigenvalue weighted by Gasteiger charge is 2.36. The minimum atomic E-state index is -4.42. The van der Waals surface area contributed by atoms with Gasteiger partial charge in [0.05, 0.1) is 13.7 Å². The molecule has 0 heterocycles. The van der Waals surface area contributed by atoms with Gasteiger partial charge in [-0.15, -0.1) is 0 Å². The first kappa shape index (κ1) is 15.8. The highest BCUT2D eigenvalue weighted by Crippen LogP contribution is 2.23. The van der Waals surface area contributed by atoms with Crippen molar-refractivity contribution in [3.05, 3.63) is 23.8 Å². The van der Waals surface area contributed by atoms with Gasteiger partial charge < -0.3 is 19.5 Å². The first-order valence-electron chi connectivity index (χ1n) is 5.47. The molecule has 106 valence electrons. The van der Waals surface area contributed by atoms with Gasteiger partial charge in [-0.1, -0.05) is 12.1 Å². The third-order valence-electron chi connectivity index (χ3n) is 2.53. The predicted molar refractivity (Wildman–Crippen MR) is 63.1 cm³/mol. The topological polar surface area (TPSA) is 58.9 Å². The van der Waals surface area contributed by atoms with Crippen LogP contribution in [0.25, 0.3) is 0 Å². The van der Waals surface area contributed by atoms with E-state index in [9.17, 15) is 13.2 Å². The van der Waals surface area contributed by atoms with Crippen LogP contribution in [0.3, 0.4) is 0 Å². The molecule has 1 unspecified atom stereocenters. The van der Waals surface area contributed by atoms with Crippen molar-refractivity contribution in [1.82, 2.24) is 0 Å². The molecule has 0 amide bonds. The van der Waals surface area contributed by atoms with Gasteiger partial charge in [0.2, 0.25) is 0 Å². The number of benzene rings is 1. The largest absolute Gasteiger partial charge is 0.497 e. The average Bonchev–Trinajstić information content (AvgIpc) is 2.34. The lowest BCUT2D eigenvalue weighted by atomic mass is 9.79. The van der Waals surface area contributed by atoms with Crippen molar-refractivity contribution in [1.29, 1.82) is 0 Å². The molecule has 0 aliphatic heterocycles. The fourth-order valence-electron chi connectivity index (χ4n) is 1.39. The summed E-state index contributed by atoms with van der Waals surface area (Å²) in [6, 6.07) is 4.26. The lowest BCUT2D eigenvalue weighted by Crippen LogP contribution is -2.32. The van der Waals surface area contributed by atoms with E-state index in [4.69, 9.17) is 14.8 Å². The molecule has 0 fully saturated rings. The van der Waals surface area contributed by atoms with Crippen LogP contribution in [0, 0.1) is 0 Å². The predicted octanol–water partition coefficient (Wildman–Crippen LogP) is 0.842. The normalized spacial score (nSPS) is 13.2. The van der Waals surface area contributed by atoms with Crippen LogP contribution in [0.15, 0.2) is 18.2 Å². The van der Waals surface area contributed by atoms with Crippen LogP contribution < -0.4 is 10.2 Å². The molecule has 1 rings (SSSR count). The SMILES string of the molecule is COc1ccc(COC(C)C(F)(F)F)cc1B(O)O. The summed E-state index contributed by atoms with van der Waals surface area (Å²) in [5.41, 5.74) is 0.461. The molecule has 4 nitrogen and oxygen atoms in total. The van der Waals surface area contributed by atoms with Crippen LogP contribution in [0.4, 0.5) is 13.2 Å². The van der Waals surface area contributed by atoms with E-state index in [0.29, 0.717) is 5.56 Å². The van der Waals surface area contributed by atoms with E-state index in [1.54, 1.807) is 0 Å². The molecular formula is C11H14BF3O4. The van der Waals surface area contributed by atoms with Gasteiger partial charge in [-0.25, -0.2) is 0 Å². The van der Waals surface area contributed by atoms with Crippen molar-refractivity contribution >= 4 is 12.6 Å². The zero-order valence-corrected chi connectivity index (χ0v) is 10.4. The van der Waals surface area contributed by atoms with Crippen molar-refractivity contribution in [2.45, 2.75) is 25.8 Å². The summed E-state index contributed by atoms with van der Waals surface area (Å²) in [5, 5.41) is 18.2. The van der Waals surface area contributed by atoms with E-state index >= 15 is 0 Å². The maximum absolute atomic E-state index is 12.3. The fraction of sp³-hybridized carbons (Fsp3) is 0.455. The van der Waals surface area contributed by atoms with Gasteiger partial charge in [-0.3, -0.25) is 0 Å². The molecule has 1 aromatic carbocycles. The first-order valence-corrected chi connectivity index (χ1v) is 5.47. The van der Waals surface area contributed by atoms with E-state index in [0.717, 1.165) is 6.92 Å². The summed E-state index contributed by atoms with van der Waals surface area (Å²) in [6.07, 6.45) is -6.32. The Labute approximate surface area is 108 Å². The van der Waals surface area contributed by atoms with Crippen molar-refractivity contribution in [2.24, 2.45) is 0 Å². The Morgan fingerprint density at radius 3 is 2.42 bits per heavy atom. The Kier molecular flexibility index (Phi) is 5.22. The number of methoxy groups -OCH3 is 1. The fourth-order valence-corrected chi connectivity index (χ4v) is 1.39. The van der Waals surface area contributed by atoms with E-state index in [1.807, 2.05) is 0 Å². The van der Waals surface area contributed by atoms with Crippen molar-refractivity contribution in [3.8, 4) is 5.75 Å². The lowest BCUT2D eigenvalue weighted by molar-refractivity contribution is -0.217. The molecule has 0 aromatic heterocycles. The van der Waals surface area contributed by atoms with Crippen LogP contribution >= 0.6 is 0 Å². The standard InChI is InChI=1S/C11H14BF3O4/c1-7(11(13,14)15)19-6-8-3-4-10(18-2)9(5-8)12(16)17/h3-5,7,16-17H,6H2,1-2H3. The number of hydrogen-bond acceptors (Lipinski definition) is 4. The van der Waals surface area contributed by atoms with Gasteiger partial charge in [0, 0.05) is 5.46 Å². The van der Waals surface area contributed by atoms with E-state index < -0.39 is 19.4 Å². The first-order chi connectivity index (χ1) is 8.75. The molecule has 0 saturated carbocycles. The van der Waals surface area contributed by atoms with Gasteiger partial charge in [-0.2, -0.15) is 13.2 Å². The van der Waals surface area contributed by atoms with E-state index in [-0.39, 0.29) is 17.8 Å². The second kappa shape index (κ2) is 6.27. The summed E-state index contributed by atoms with van der Waals surface area (Å²) < 4.78 is 46.3. The van der Waals surface area contributed by atoms with Gasteiger partial charge >= 0.3 is 13.3 Å². The van der Waals surface area contributed by atoms with E-state index in [2.05, 4.69) is 4.74 Å². The molecular weight excluding hydrogens is 264 g/mol. The number of hydrogen-bond donors (Lipinski definition) is 2. The highest BCUT2D eigenvalue weighted by molar-refractivity contribution is 6.59.